The maximum absolute atomic E-state index is 12.4. The lowest BCUT2D eigenvalue weighted by molar-refractivity contribution is -0.142. The molecule has 0 spiro atoms. The number of hydrogen-bond acceptors (Lipinski definition) is 3. The summed E-state index contributed by atoms with van der Waals surface area (Å²) in [5.74, 6) is -0.612. The first-order valence-corrected chi connectivity index (χ1v) is 9.73. The molecule has 1 amide bonds. The van der Waals surface area contributed by atoms with Crippen molar-refractivity contribution in [3.8, 4) is 0 Å². The SMILES string of the molecule is CCOC(=O)Cc1c(CCNC(=O)c2c(Cl)cccc2Cl)[nH]c2ccccc12. The van der Waals surface area contributed by atoms with Crippen molar-refractivity contribution in [2.24, 2.45) is 0 Å². The van der Waals surface area contributed by atoms with Crippen molar-refractivity contribution in [3.05, 3.63) is 69.3 Å². The van der Waals surface area contributed by atoms with Gasteiger partial charge in [0.2, 0.25) is 0 Å². The summed E-state index contributed by atoms with van der Waals surface area (Å²) in [7, 11) is 0. The van der Waals surface area contributed by atoms with Crippen molar-refractivity contribution in [2.75, 3.05) is 13.2 Å². The standard InChI is InChI=1S/C21H20Cl2N2O3/c1-2-28-19(26)12-14-13-6-3-4-9-17(13)25-18(14)10-11-24-21(27)20-15(22)7-5-8-16(20)23/h3-9,25H,2,10-12H2,1H3,(H,24,27). The normalized spacial score (nSPS) is 10.8. The van der Waals surface area contributed by atoms with Gasteiger partial charge in [-0.1, -0.05) is 47.5 Å². The van der Waals surface area contributed by atoms with Gasteiger partial charge >= 0.3 is 5.97 Å². The Bertz CT molecular complexity index is 994. The third kappa shape index (κ3) is 4.49. The molecule has 5 nitrogen and oxygen atoms in total. The third-order valence-corrected chi connectivity index (χ3v) is 5.01. The Morgan fingerprint density at radius 1 is 1.07 bits per heavy atom. The van der Waals surface area contributed by atoms with E-state index >= 15 is 0 Å². The van der Waals surface area contributed by atoms with E-state index in [1.165, 1.54) is 0 Å². The molecule has 28 heavy (non-hydrogen) atoms. The molecule has 0 aliphatic heterocycles. The summed E-state index contributed by atoms with van der Waals surface area (Å²) in [6, 6.07) is 12.7. The predicted molar refractivity (Wildman–Crippen MR) is 111 cm³/mol. The lowest BCUT2D eigenvalue weighted by atomic mass is 10.1. The van der Waals surface area contributed by atoms with Gasteiger partial charge in [-0.25, -0.2) is 0 Å². The molecule has 0 unspecified atom stereocenters. The van der Waals surface area contributed by atoms with E-state index in [4.69, 9.17) is 27.9 Å². The van der Waals surface area contributed by atoms with E-state index in [-0.39, 0.29) is 23.9 Å². The van der Waals surface area contributed by atoms with Crippen LogP contribution >= 0.6 is 23.2 Å². The summed E-state index contributed by atoms with van der Waals surface area (Å²) in [6.45, 7) is 2.48. The second kappa shape index (κ2) is 9.13. The van der Waals surface area contributed by atoms with Crippen molar-refractivity contribution < 1.29 is 14.3 Å². The van der Waals surface area contributed by atoms with E-state index in [2.05, 4.69) is 10.3 Å². The number of benzene rings is 2. The molecular formula is C21H20Cl2N2O3. The molecule has 1 heterocycles. The van der Waals surface area contributed by atoms with E-state index in [9.17, 15) is 9.59 Å². The number of fused-ring (bicyclic) bond motifs is 1. The number of hydrogen-bond donors (Lipinski definition) is 2. The third-order valence-electron chi connectivity index (χ3n) is 4.38. The minimum Gasteiger partial charge on any atom is -0.466 e. The Hall–Kier alpha value is -2.50. The fourth-order valence-corrected chi connectivity index (χ4v) is 3.70. The van der Waals surface area contributed by atoms with Gasteiger partial charge in [0, 0.05) is 29.6 Å². The van der Waals surface area contributed by atoms with E-state index in [0.29, 0.717) is 29.6 Å². The summed E-state index contributed by atoms with van der Waals surface area (Å²) in [4.78, 5) is 27.8. The molecule has 0 fully saturated rings. The number of carbonyl (C=O) groups excluding carboxylic acids is 2. The quantitative estimate of drug-likeness (QED) is 0.552. The fourth-order valence-electron chi connectivity index (χ4n) is 3.13. The summed E-state index contributed by atoms with van der Waals surface area (Å²) in [5.41, 5.74) is 2.98. The summed E-state index contributed by atoms with van der Waals surface area (Å²) in [5, 5.41) is 4.42. The molecule has 1 aromatic heterocycles. The first-order valence-electron chi connectivity index (χ1n) is 8.97. The molecular weight excluding hydrogens is 399 g/mol. The number of esters is 1. The lowest BCUT2D eigenvalue weighted by Crippen LogP contribution is -2.26. The molecule has 0 aliphatic carbocycles. The zero-order chi connectivity index (χ0) is 20.1. The molecule has 0 radical (unpaired) electrons. The summed E-state index contributed by atoms with van der Waals surface area (Å²) < 4.78 is 5.09. The van der Waals surface area contributed by atoms with Crippen LogP contribution in [0.2, 0.25) is 10.0 Å². The van der Waals surface area contributed by atoms with Gasteiger partial charge in [-0.3, -0.25) is 9.59 Å². The minimum absolute atomic E-state index is 0.178. The molecule has 0 aliphatic rings. The molecule has 146 valence electrons. The largest absolute Gasteiger partial charge is 0.466 e. The van der Waals surface area contributed by atoms with Gasteiger partial charge in [0.1, 0.15) is 0 Å². The summed E-state index contributed by atoms with van der Waals surface area (Å²) >= 11 is 12.2. The van der Waals surface area contributed by atoms with Gasteiger partial charge in [0.05, 0.1) is 28.6 Å². The molecule has 0 bridgehead atoms. The molecule has 3 aromatic rings. The van der Waals surface area contributed by atoms with Gasteiger partial charge in [0.25, 0.3) is 5.91 Å². The highest BCUT2D eigenvalue weighted by Gasteiger charge is 2.17. The first kappa shape index (κ1) is 20.2. The minimum atomic E-state index is -0.335. The van der Waals surface area contributed by atoms with Crippen LogP contribution in [-0.4, -0.2) is 30.0 Å². The molecule has 0 saturated heterocycles. The fraction of sp³-hybridized carbons (Fsp3) is 0.238. The Morgan fingerprint density at radius 2 is 1.79 bits per heavy atom. The van der Waals surface area contributed by atoms with Crippen LogP contribution in [0.1, 0.15) is 28.5 Å². The maximum Gasteiger partial charge on any atom is 0.310 e. The molecule has 0 atom stereocenters. The number of halogens is 2. The number of carbonyl (C=O) groups is 2. The number of para-hydroxylation sites is 1. The van der Waals surface area contributed by atoms with Crippen LogP contribution in [0.4, 0.5) is 0 Å². The number of H-pyrrole nitrogens is 1. The van der Waals surface area contributed by atoms with Crippen LogP contribution in [0.5, 0.6) is 0 Å². The van der Waals surface area contributed by atoms with Crippen molar-refractivity contribution in [3.63, 3.8) is 0 Å². The second-order valence-corrected chi connectivity index (χ2v) is 7.03. The van der Waals surface area contributed by atoms with Gasteiger partial charge in [-0.15, -0.1) is 0 Å². The van der Waals surface area contributed by atoms with E-state index < -0.39 is 0 Å². The van der Waals surface area contributed by atoms with Crippen LogP contribution in [0.15, 0.2) is 42.5 Å². The molecule has 3 rings (SSSR count). The molecule has 7 heteroatoms. The van der Waals surface area contributed by atoms with Crippen LogP contribution < -0.4 is 5.32 Å². The molecule has 2 aromatic carbocycles. The van der Waals surface area contributed by atoms with E-state index in [0.717, 1.165) is 22.2 Å². The van der Waals surface area contributed by atoms with Crippen molar-refractivity contribution >= 4 is 46.0 Å². The van der Waals surface area contributed by atoms with Crippen LogP contribution in [0, 0.1) is 0 Å². The van der Waals surface area contributed by atoms with Gasteiger partial charge < -0.3 is 15.0 Å². The highest BCUT2D eigenvalue weighted by molar-refractivity contribution is 6.39. The smallest absolute Gasteiger partial charge is 0.310 e. The van der Waals surface area contributed by atoms with Crippen molar-refractivity contribution in [1.82, 2.24) is 10.3 Å². The topological polar surface area (TPSA) is 71.2 Å². The van der Waals surface area contributed by atoms with Crippen molar-refractivity contribution in [2.45, 2.75) is 19.8 Å². The Kier molecular flexibility index (Phi) is 6.60. The predicted octanol–water partition coefficient (Wildman–Crippen LogP) is 4.55. The first-order chi connectivity index (χ1) is 13.5. The number of aromatic nitrogens is 1. The number of ether oxygens (including phenoxy) is 1. The van der Waals surface area contributed by atoms with Gasteiger partial charge in [-0.05, 0) is 30.7 Å². The van der Waals surface area contributed by atoms with E-state index in [1.54, 1.807) is 25.1 Å². The Balaban J connectivity index is 1.75. The molecule has 2 N–H and O–H groups in total. The van der Waals surface area contributed by atoms with E-state index in [1.807, 2.05) is 24.3 Å². The highest BCUT2D eigenvalue weighted by Crippen LogP contribution is 2.25. The number of nitrogens with one attached hydrogen (secondary N) is 2. The average molecular weight is 419 g/mol. The zero-order valence-corrected chi connectivity index (χ0v) is 16.9. The number of amides is 1. The summed E-state index contributed by atoms with van der Waals surface area (Å²) in [6.07, 6.45) is 0.703. The van der Waals surface area contributed by atoms with Crippen molar-refractivity contribution in [1.29, 1.82) is 0 Å². The number of aromatic amines is 1. The van der Waals surface area contributed by atoms with Crippen LogP contribution in [0.3, 0.4) is 0 Å². The van der Waals surface area contributed by atoms with Gasteiger partial charge in [-0.2, -0.15) is 0 Å². The van der Waals surface area contributed by atoms with Crippen LogP contribution in [-0.2, 0) is 22.4 Å². The lowest BCUT2D eigenvalue weighted by Gasteiger charge is -2.09. The van der Waals surface area contributed by atoms with Gasteiger partial charge in [0.15, 0.2) is 0 Å². The zero-order valence-electron chi connectivity index (χ0n) is 15.4. The average Bonchev–Trinajstić information content (AvgIpc) is 2.99. The second-order valence-electron chi connectivity index (χ2n) is 6.21. The monoisotopic (exact) mass is 418 g/mol. The highest BCUT2D eigenvalue weighted by atomic mass is 35.5. The Labute approximate surface area is 173 Å². The molecule has 0 saturated carbocycles. The van der Waals surface area contributed by atoms with Crippen LogP contribution in [0.25, 0.3) is 10.9 Å². The Morgan fingerprint density at radius 3 is 2.50 bits per heavy atom. The maximum atomic E-state index is 12.4. The number of rotatable bonds is 7.